The topological polar surface area (TPSA) is 75.8 Å². The second-order valence-electron chi connectivity index (χ2n) is 7.21. The third-order valence-electron chi connectivity index (χ3n) is 4.82. The highest BCUT2D eigenvalue weighted by atomic mass is 35.5. The first-order chi connectivity index (χ1) is 13.6. The van der Waals surface area contributed by atoms with Crippen LogP contribution in [-0.4, -0.2) is 21.5 Å². The summed E-state index contributed by atoms with van der Waals surface area (Å²) >= 11 is 5.84. The molecule has 0 spiro atoms. The standard InChI is InChI=1S/C20H17ClF3N3O2/c21-14-3-1-13(2-4-14)16-9-18(29)27(17(26-16)5-6-20(22,23)24)11-15(28)10-19(12-25)7-8-19/h1-4,9H,5-8,10-11H2. The summed E-state index contributed by atoms with van der Waals surface area (Å²) in [6.07, 6.45) is -4.93. The number of halogens is 4. The van der Waals surface area contributed by atoms with Crippen molar-refractivity contribution in [2.45, 2.75) is 44.8 Å². The average molecular weight is 424 g/mol. The molecule has 1 aromatic heterocycles. The van der Waals surface area contributed by atoms with Gasteiger partial charge in [0.2, 0.25) is 0 Å². The number of carbonyl (C=O) groups is 1. The fourth-order valence-electron chi connectivity index (χ4n) is 3.02. The third-order valence-corrected chi connectivity index (χ3v) is 5.07. The maximum atomic E-state index is 12.7. The summed E-state index contributed by atoms with van der Waals surface area (Å²) in [6, 6.07) is 9.66. The number of aromatic nitrogens is 2. The lowest BCUT2D eigenvalue weighted by Gasteiger charge is -2.15. The van der Waals surface area contributed by atoms with E-state index in [4.69, 9.17) is 16.9 Å². The van der Waals surface area contributed by atoms with Crippen LogP contribution < -0.4 is 5.56 Å². The van der Waals surface area contributed by atoms with E-state index >= 15 is 0 Å². The van der Waals surface area contributed by atoms with Gasteiger partial charge in [-0.05, 0) is 25.0 Å². The molecule has 0 bridgehead atoms. The van der Waals surface area contributed by atoms with Crippen molar-refractivity contribution in [1.82, 2.24) is 9.55 Å². The highest BCUT2D eigenvalue weighted by Gasteiger charge is 2.44. The van der Waals surface area contributed by atoms with E-state index in [0.717, 1.165) is 4.57 Å². The number of ketones is 1. The summed E-state index contributed by atoms with van der Waals surface area (Å²) in [6.45, 7) is -0.399. The van der Waals surface area contributed by atoms with Crippen LogP contribution in [0.1, 0.15) is 31.5 Å². The van der Waals surface area contributed by atoms with E-state index < -0.39 is 36.5 Å². The first kappa shape index (κ1) is 21.1. The number of Topliss-reactive ketones (excluding diaryl/α,β-unsaturated/α-hetero) is 1. The van der Waals surface area contributed by atoms with Crippen molar-refractivity contribution >= 4 is 17.4 Å². The van der Waals surface area contributed by atoms with Crippen LogP contribution >= 0.6 is 11.6 Å². The van der Waals surface area contributed by atoms with Crippen LogP contribution in [0.15, 0.2) is 35.1 Å². The fraction of sp³-hybridized carbons (Fsp3) is 0.400. The Balaban J connectivity index is 1.93. The van der Waals surface area contributed by atoms with Crippen LogP contribution in [0.25, 0.3) is 11.3 Å². The van der Waals surface area contributed by atoms with E-state index in [1.165, 1.54) is 6.07 Å². The molecular weight excluding hydrogens is 407 g/mol. The molecule has 1 aromatic carbocycles. The molecule has 0 radical (unpaired) electrons. The van der Waals surface area contributed by atoms with Gasteiger partial charge in [-0.1, -0.05) is 23.7 Å². The number of aryl methyl sites for hydroxylation is 1. The van der Waals surface area contributed by atoms with Crippen LogP contribution in [0, 0.1) is 16.7 Å². The van der Waals surface area contributed by atoms with Gasteiger partial charge in [0.1, 0.15) is 5.82 Å². The van der Waals surface area contributed by atoms with Crippen LogP contribution in [-0.2, 0) is 17.8 Å². The molecule has 3 rings (SSSR count). The normalized spacial score (nSPS) is 15.0. The summed E-state index contributed by atoms with van der Waals surface area (Å²) in [7, 11) is 0. The summed E-state index contributed by atoms with van der Waals surface area (Å²) in [5.41, 5.74) is -0.566. The molecule has 5 nitrogen and oxygen atoms in total. The monoisotopic (exact) mass is 423 g/mol. The summed E-state index contributed by atoms with van der Waals surface area (Å²) < 4.78 is 39.2. The molecule has 0 aliphatic heterocycles. The number of rotatable bonds is 7. The average Bonchev–Trinajstić information content (AvgIpc) is 3.42. The van der Waals surface area contributed by atoms with Crippen molar-refractivity contribution in [3.05, 3.63) is 51.5 Å². The van der Waals surface area contributed by atoms with Gasteiger partial charge in [0.05, 0.1) is 30.1 Å². The highest BCUT2D eigenvalue weighted by molar-refractivity contribution is 6.30. The highest BCUT2D eigenvalue weighted by Crippen LogP contribution is 2.48. The Hall–Kier alpha value is -2.66. The number of nitriles is 1. The number of hydrogen-bond donors (Lipinski definition) is 0. The van der Waals surface area contributed by atoms with Crippen molar-refractivity contribution < 1.29 is 18.0 Å². The predicted octanol–water partition coefficient (Wildman–Crippen LogP) is 4.32. The maximum absolute atomic E-state index is 12.7. The zero-order chi connectivity index (χ0) is 21.2. The first-order valence-corrected chi connectivity index (χ1v) is 9.35. The minimum absolute atomic E-state index is 0.0203. The zero-order valence-electron chi connectivity index (χ0n) is 15.3. The molecule has 1 saturated carbocycles. The molecule has 2 aromatic rings. The number of hydrogen-bond acceptors (Lipinski definition) is 4. The molecule has 0 amide bonds. The maximum Gasteiger partial charge on any atom is 0.389 e. The van der Waals surface area contributed by atoms with E-state index in [1.807, 2.05) is 0 Å². The van der Waals surface area contributed by atoms with Crippen LogP contribution in [0.5, 0.6) is 0 Å². The molecule has 1 heterocycles. The Labute approximate surface area is 169 Å². The minimum atomic E-state index is -4.43. The van der Waals surface area contributed by atoms with Crippen molar-refractivity contribution in [3.63, 3.8) is 0 Å². The van der Waals surface area contributed by atoms with Crippen molar-refractivity contribution in [3.8, 4) is 17.3 Å². The number of benzene rings is 1. The smallest absolute Gasteiger partial charge is 0.298 e. The van der Waals surface area contributed by atoms with E-state index in [2.05, 4.69) is 11.1 Å². The molecular formula is C20H17ClF3N3O2. The van der Waals surface area contributed by atoms with Crippen LogP contribution in [0.4, 0.5) is 13.2 Å². The summed E-state index contributed by atoms with van der Waals surface area (Å²) in [5, 5.41) is 9.59. The van der Waals surface area contributed by atoms with E-state index in [0.29, 0.717) is 23.4 Å². The zero-order valence-corrected chi connectivity index (χ0v) is 16.1. The second kappa shape index (κ2) is 7.99. The Morgan fingerprint density at radius 2 is 1.93 bits per heavy atom. The summed E-state index contributed by atoms with van der Waals surface area (Å²) in [5.74, 6) is -0.490. The van der Waals surface area contributed by atoms with Gasteiger partial charge < -0.3 is 0 Å². The third kappa shape index (κ3) is 5.45. The number of carbonyl (C=O) groups excluding carboxylic acids is 1. The SMILES string of the molecule is N#CC1(CC(=O)Cn2c(CCC(F)(F)F)nc(-c3ccc(Cl)cc3)cc2=O)CC1. The van der Waals surface area contributed by atoms with Gasteiger partial charge in [0.15, 0.2) is 5.78 Å². The van der Waals surface area contributed by atoms with Gasteiger partial charge in [-0.15, -0.1) is 0 Å². The molecule has 0 atom stereocenters. The van der Waals surface area contributed by atoms with E-state index in [9.17, 15) is 22.8 Å². The Morgan fingerprint density at radius 1 is 1.28 bits per heavy atom. The molecule has 1 aliphatic carbocycles. The van der Waals surface area contributed by atoms with Gasteiger partial charge in [-0.2, -0.15) is 18.4 Å². The molecule has 152 valence electrons. The van der Waals surface area contributed by atoms with Gasteiger partial charge in [0, 0.05) is 29.5 Å². The lowest BCUT2D eigenvalue weighted by atomic mass is 10.0. The van der Waals surface area contributed by atoms with Gasteiger partial charge in [-0.25, -0.2) is 4.98 Å². The Bertz CT molecular complexity index is 1020. The van der Waals surface area contributed by atoms with Crippen molar-refractivity contribution in [2.75, 3.05) is 0 Å². The molecule has 9 heteroatoms. The van der Waals surface area contributed by atoms with Gasteiger partial charge in [-0.3, -0.25) is 14.2 Å². The Morgan fingerprint density at radius 3 is 2.48 bits per heavy atom. The molecule has 0 N–H and O–H groups in total. The number of alkyl halides is 3. The fourth-order valence-corrected chi connectivity index (χ4v) is 3.15. The molecule has 29 heavy (non-hydrogen) atoms. The largest absolute Gasteiger partial charge is 0.389 e. The second-order valence-corrected chi connectivity index (χ2v) is 7.65. The quantitative estimate of drug-likeness (QED) is 0.664. The molecule has 0 unspecified atom stereocenters. The van der Waals surface area contributed by atoms with Gasteiger partial charge >= 0.3 is 6.18 Å². The predicted molar refractivity (Wildman–Crippen MR) is 100 cm³/mol. The van der Waals surface area contributed by atoms with Crippen LogP contribution in [0.3, 0.4) is 0 Å². The first-order valence-electron chi connectivity index (χ1n) is 8.97. The molecule has 0 saturated heterocycles. The van der Waals surface area contributed by atoms with E-state index in [-0.39, 0.29) is 23.7 Å². The lowest BCUT2D eigenvalue weighted by Crippen LogP contribution is -2.30. The van der Waals surface area contributed by atoms with Crippen molar-refractivity contribution in [2.24, 2.45) is 5.41 Å². The van der Waals surface area contributed by atoms with Crippen molar-refractivity contribution in [1.29, 1.82) is 5.26 Å². The molecule has 1 aliphatic rings. The van der Waals surface area contributed by atoms with E-state index in [1.54, 1.807) is 24.3 Å². The minimum Gasteiger partial charge on any atom is -0.298 e. The lowest BCUT2D eigenvalue weighted by molar-refractivity contribution is -0.134. The Kier molecular flexibility index (Phi) is 5.80. The van der Waals surface area contributed by atoms with Gasteiger partial charge in [0.25, 0.3) is 5.56 Å². The van der Waals surface area contributed by atoms with Crippen LogP contribution in [0.2, 0.25) is 5.02 Å². The summed E-state index contributed by atoms with van der Waals surface area (Å²) in [4.78, 5) is 29.2. The molecule has 1 fully saturated rings. The number of nitrogens with zero attached hydrogens (tertiary/aromatic N) is 3.